The highest BCUT2D eigenvalue weighted by Crippen LogP contribution is 2.29. The second-order valence-electron chi connectivity index (χ2n) is 4.04. The van der Waals surface area contributed by atoms with Gasteiger partial charge in [0, 0.05) is 0 Å². The lowest BCUT2D eigenvalue weighted by Gasteiger charge is -2.10. The molecule has 0 bridgehead atoms. The van der Waals surface area contributed by atoms with Gasteiger partial charge in [-0.25, -0.2) is 17.2 Å². The molecule has 0 aliphatic heterocycles. The maximum Gasteiger partial charge on any atom is 0.263 e. The van der Waals surface area contributed by atoms with Gasteiger partial charge in [-0.15, -0.1) is 11.3 Å². The largest absolute Gasteiger partial charge is 0.391 e. The zero-order chi connectivity index (χ0) is 14.9. The summed E-state index contributed by atoms with van der Waals surface area (Å²) in [5, 5.41) is 10.7. The molecule has 0 spiro atoms. The topological polar surface area (TPSA) is 66.4 Å². The average Bonchev–Trinajstić information content (AvgIpc) is 2.77. The average molecular weight is 319 g/mol. The lowest BCUT2D eigenvalue weighted by molar-refractivity contribution is 0.282. The fraction of sp³-hybridized carbons (Fsp3) is 0.167. The number of aliphatic hydroxyl groups excluding tert-OH is 1. The van der Waals surface area contributed by atoms with Crippen LogP contribution in [0.2, 0.25) is 0 Å². The van der Waals surface area contributed by atoms with Gasteiger partial charge in [-0.2, -0.15) is 0 Å². The first-order chi connectivity index (χ1) is 9.36. The molecular formula is C12H11F2NO3S2. The molecule has 1 heterocycles. The van der Waals surface area contributed by atoms with Crippen molar-refractivity contribution in [3.8, 4) is 0 Å². The monoisotopic (exact) mass is 319 g/mol. The van der Waals surface area contributed by atoms with Crippen LogP contribution in [0.5, 0.6) is 0 Å². The maximum absolute atomic E-state index is 13.5. The molecule has 0 atom stereocenters. The van der Waals surface area contributed by atoms with Gasteiger partial charge >= 0.3 is 0 Å². The molecule has 2 aromatic rings. The van der Waals surface area contributed by atoms with Gasteiger partial charge in [0.25, 0.3) is 10.0 Å². The lowest BCUT2D eigenvalue weighted by Crippen LogP contribution is -2.16. The third-order valence-electron chi connectivity index (χ3n) is 2.60. The van der Waals surface area contributed by atoms with E-state index in [1.54, 1.807) is 12.3 Å². The van der Waals surface area contributed by atoms with Crippen LogP contribution in [-0.4, -0.2) is 13.5 Å². The van der Waals surface area contributed by atoms with E-state index < -0.39 is 34.0 Å². The molecule has 1 aromatic carbocycles. The minimum absolute atomic E-state index is 0.103. The molecule has 0 aliphatic rings. The second kappa shape index (κ2) is 5.47. The van der Waals surface area contributed by atoms with E-state index in [0.717, 1.165) is 23.5 Å². The van der Waals surface area contributed by atoms with Crippen LogP contribution in [-0.2, 0) is 16.6 Å². The molecule has 2 N–H and O–H groups in total. The quantitative estimate of drug-likeness (QED) is 0.910. The Bertz CT molecular complexity index is 741. The van der Waals surface area contributed by atoms with E-state index in [4.69, 9.17) is 5.11 Å². The van der Waals surface area contributed by atoms with Crippen molar-refractivity contribution in [3.05, 3.63) is 45.7 Å². The van der Waals surface area contributed by atoms with Gasteiger partial charge in [-0.1, -0.05) is 6.07 Å². The molecule has 8 heteroatoms. The molecule has 4 nitrogen and oxygen atoms in total. The SMILES string of the molecule is Cc1csc(CO)c1S(=O)(=O)Nc1cccc(F)c1F. The molecule has 0 amide bonds. The van der Waals surface area contributed by atoms with Gasteiger partial charge in [0.05, 0.1) is 17.2 Å². The van der Waals surface area contributed by atoms with Crippen molar-refractivity contribution >= 4 is 27.0 Å². The number of sulfonamides is 1. The summed E-state index contributed by atoms with van der Waals surface area (Å²) in [6.07, 6.45) is 0. The van der Waals surface area contributed by atoms with E-state index >= 15 is 0 Å². The Morgan fingerprint density at radius 1 is 1.35 bits per heavy atom. The Morgan fingerprint density at radius 3 is 2.70 bits per heavy atom. The van der Waals surface area contributed by atoms with Crippen LogP contribution in [0.3, 0.4) is 0 Å². The zero-order valence-corrected chi connectivity index (χ0v) is 12.0. The van der Waals surface area contributed by atoms with Crippen molar-refractivity contribution in [3.63, 3.8) is 0 Å². The van der Waals surface area contributed by atoms with E-state index in [9.17, 15) is 17.2 Å². The van der Waals surface area contributed by atoms with E-state index in [1.165, 1.54) is 6.07 Å². The van der Waals surface area contributed by atoms with Crippen molar-refractivity contribution in [2.24, 2.45) is 0 Å². The summed E-state index contributed by atoms with van der Waals surface area (Å²) in [6.45, 7) is 1.12. The highest BCUT2D eigenvalue weighted by atomic mass is 32.2. The molecule has 0 saturated carbocycles. The minimum atomic E-state index is -4.09. The zero-order valence-electron chi connectivity index (χ0n) is 10.4. The number of thiophene rings is 1. The van der Waals surface area contributed by atoms with Gasteiger partial charge in [-0.3, -0.25) is 4.72 Å². The lowest BCUT2D eigenvalue weighted by atomic mass is 10.3. The van der Waals surface area contributed by atoms with Gasteiger partial charge in [0.2, 0.25) is 0 Å². The number of hydrogen-bond acceptors (Lipinski definition) is 4. The van der Waals surface area contributed by atoms with Crippen LogP contribution in [0.15, 0.2) is 28.5 Å². The van der Waals surface area contributed by atoms with Gasteiger partial charge in [0.15, 0.2) is 11.6 Å². The standard InChI is InChI=1S/C12H11F2NO3S2/c1-7-6-19-10(5-16)12(7)20(17,18)15-9-4-2-3-8(13)11(9)14/h2-4,6,15-16H,5H2,1H3. The third kappa shape index (κ3) is 2.67. The number of hydrogen-bond donors (Lipinski definition) is 2. The number of rotatable bonds is 4. The van der Waals surface area contributed by atoms with E-state index in [1.807, 2.05) is 4.72 Å². The summed E-state index contributed by atoms with van der Waals surface area (Å²) in [5.74, 6) is -2.41. The van der Waals surface area contributed by atoms with Crippen LogP contribution >= 0.6 is 11.3 Å². The molecule has 1 aromatic heterocycles. The summed E-state index contributed by atoms with van der Waals surface area (Å²) in [6, 6.07) is 3.21. The Balaban J connectivity index is 2.46. The van der Waals surface area contributed by atoms with Crippen LogP contribution in [0.1, 0.15) is 10.4 Å². The number of halogens is 2. The molecule has 0 saturated heterocycles. The Morgan fingerprint density at radius 2 is 2.05 bits per heavy atom. The first kappa shape index (κ1) is 14.9. The molecule has 108 valence electrons. The molecular weight excluding hydrogens is 308 g/mol. The summed E-state index contributed by atoms with van der Waals surface area (Å²) in [5.41, 5.74) is -0.0390. The van der Waals surface area contributed by atoms with E-state index in [0.29, 0.717) is 5.56 Å². The van der Waals surface area contributed by atoms with Gasteiger partial charge in [0.1, 0.15) is 4.90 Å². The predicted octanol–water partition coefficient (Wildman–Crippen LogP) is 2.63. The highest BCUT2D eigenvalue weighted by molar-refractivity contribution is 7.93. The highest BCUT2D eigenvalue weighted by Gasteiger charge is 2.24. The third-order valence-corrected chi connectivity index (χ3v) is 5.41. The molecule has 2 rings (SSSR count). The van der Waals surface area contributed by atoms with Crippen LogP contribution in [0.4, 0.5) is 14.5 Å². The molecule has 0 aliphatic carbocycles. The fourth-order valence-corrected chi connectivity index (χ4v) is 4.46. The van der Waals surface area contributed by atoms with E-state index in [2.05, 4.69) is 0 Å². The first-order valence-electron chi connectivity index (χ1n) is 5.51. The molecule has 0 unspecified atom stereocenters. The summed E-state index contributed by atoms with van der Waals surface area (Å²) >= 11 is 1.08. The van der Waals surface area contributed by atoms with Crippen molar-refractivity contribution in [2.75, 3.05) is 4.72 Å². The van der Waals surface area contributed by atoms with Crippen molar-refractivity contribution < 1.29 is 22.3 Å². The Hall–Kier alpha value is -1.51. The van der Waals surface area contributed by atoms with Crippen molar-refractivity contribution in [2.45, 2.75) is 18.4 Å². The summed E-state index contributed by atoms with van der Waals surface area (Å²) in [7, 11) is -4.09. The summed E-state index contributed by atoms with van der Waals surface area (Å²) < 4.78 is 53.0. The van der Waals surface area contributed by atoms with Gasteiger partial charge < -0.3 is 5.11 Å². The van der Waals surface area contributed by atoms with Gasteiger partial charge in [-0.05, 0) is 30.0 Å². The predicted molar refractivity (Wildman–Crippen MR) is 72.1 cm³/mol. The fourth-order valence-electron chi connectivity index (χ4n) is 1.74. The maximum atomic E-state index is 13.5. The first-order valence-corrected chi connectivity index (χ1v) is 7.87. The van der Waals surface area contributed by atoms with Crippen molar-refractivity contribution in [1.82, 2.24) is 0 Å². The molecule has 0 fully saturated rings. The minimum Gasteiger partial charge on any atom is -0.391 e. The summed E-state index contributed by atoms with van der Waals surface area (Å²) in [4.78, 5) is 0.139. The number of aliphatic hydroxyl groups is 1. The van der Waals surface area contributed by atoms with Crippen LogP contribution in [0.25, 0.3) is 0 Å². The van der Waals surface area contributed by atoms with Crippen LogP contribution in [0, 0.1) is 18.6 Å². The molecule has 0 radical (unpaired) electrons. The normalized spacial score (nSPS) is 11.6. The van der Waals surface area contributed by atoms with Crippen molar-refractivity contribution in [1.29, 1.82) is 0 Å². The number of nitrogens with one attached hydrogen (secondary N) is 1. The number of anilines is 1. The molecule has 20 heavy (non-hydrogen) atoms. The van der Waals surface area contributed by atoms with Crippen LogP contribution < -0.4 is 4.72 Å². The second-order valence-corrected chi connectivity index (χ2v) is 6.62. The number of aryl methyl sites for hydroxylation is 1. The Labute approximate surface area is 118 Å². The smallest absolute Gasteiger partial charge is 0.263 e. The Kier molecular flexibility index (Phi) is 4.07. The number of benzene rings is 1. The van der Waals surface area contributed by atoms with E-state index in [-0.39, 0.29) is 9.77 Å².